The van der Waals surface area contributed by atoms with E-state index in [0.29, 0.717) is 18.8 Å². The zero-order valence-corrected chi connectivity index (χ0v) is 15.5. The summed E-state index contributed by atoms with van der Waals surface area (Å²) in [5.41, 5.74) is 1.19. The second-order valence-electron chi connectivity index (χ2n) is 6.10. The summed E-state index contributed by atoms with van der Waals surface area (Å²) in [6.45, 7) is 4.28. The monoisotopic (exact) mass is 370 g/mol. The summed E-state index contributed by atoms with van der Waals surface area (Å²) in [5, 5.41) is 5.64. The van der Waals surface area contributed by atoms with E-state index in [-0.39, 0.29) is 11.8 Å². The summed E-state index contributed by atoms with van der Waals surface area (Å²) in [5.74, 6) is -0.398. The zero-order valence-electron chi connectivity index (χ0n) is 14.7. The van der Waals surface area contributed by atoms with Gasteiger partial charge >= 0.3 is 0 Å². The first kappa shape index (κ1) is 18.1. The maximum atomic E-state index is 13.0. The van der Waals surface area contributed by atoms with Crippen LogP contribution in [0.1, 0.15) is 18.9 Å². The predicted molar refractivity (Wildman–Crippen MR) is 104 cm³/mol. The van der Waals surface area contributed by atoms with Crippen LogP contribution in [0.15, 0.2) is 47.6 Å². The highest BCUT2D eigenvalue weighted by atomic mass is 32.1. The minimum atomic E-state index is -0.250. The number of carbonyl (C=O) groups is 2. The van der Waals surface area contributed by atoms with Gasteiger partial charge in [0, 0.05) is 44.7 Å². The fourth-order valence-electron chi connectivity index (χ4n) is 2.91. The molecule has 0 bridgehead atoms. The molecule has 1 aromatic carbocycles. The third-order valence-electron chi connectivity index (χ3n) is 4.12. The number of hydrogen-bond donors (Lipinski definition) is 1. The van der Waals surface area contributed by atoms with Crippen LogP contribution in [0.2, 0.25) is 0 Å². The van der Waals surface area contributed by atoms with Gasteiger partial charge in [0.2, 0.25) is 5.91 Å². The Balaban J connectivity index is 1.74. The lowest BCUT2D eigenvalue weighted by molar-refractivity contribution is -0.129. The van der Waals surface area contributed by atoms with E-state index in [1.165, 1.54) is 6.92 Å². The van der Waals surface area contributed by atoms with Crippen LogP contribution in [0, 0.1) is 0 Å². The SMILES string of the molecule is CC(=O)N/C(=C/c1ccccc1)C(=O)N1CCCN(c2nccs2)CC1. The maximum Gasteiger partial charge on any atom is 0.270 e. The van der Waals surface area contributed by atoms with Crippen molar-refractivity contribution in [3.8, 4) is 0 Å². The highest BCUT2D eigenvalue weighted by molar-refractivity contribution is 7.13. The van der Waals surface area contributed by atoms with Crippen molar-refractivity contribution < 1.29 is 9.59 Å². The molecule has 26 heavy (non-hydrogen) atoms. The van der Waals surface area contributed by atoms with Crippen molar-refractivity contribution in [3.63, 3.8) is 0 Å². The van der Waals surface area contributed by atoms with Gasteiger partial charge in [0.15, 0.2) is 5.13 Å². The van der Waals surface area contributed by atoms with E-state index in [9.17, 15) is 9.59 Å². The van der Waals surface area contributed by atoms with Crippen LogP contribution >= 0.6 is 11.3 Å². The Morgan fingerprint density at radius 3 is 2.65 bits per heavy atom. The summed E-state index contributed by atoms with van der Waals surface area (Å²) in [6, 6.07) is 9.53. The molecule has 7 heteroatoms. The molecule has 0 saturated carbocycles. The molecule has 0 spiro atoms. The van der Waals surface area contributed by atoms with Crippen molar-refractivity contribution in [2.45, 2.75) is 13.3 Å². The van der Waals surface area contributed by atoms with Gasteiger partial charge in [-0.05, 0) is 18.1 Å². The number of aromatic nitrogens is 1. The lowest BCUT2D eigenvalue weighted by Gasteiger charge is -2.23. The molecule has 136 valence electrons. The van der Waals surface area contributed by atoms with Gasteiger partial charge in [0.05, 0.1) is 0 Å². The minimum absolute atomic E-state index is 0.148. The molecule has 3 rings (SSSR count). The third-order valence-corrected chi connectivity index (χ3v) is 4.96. The molecular weight excluding hydrogens is 348 g/mol. The highest BCUT2D eigenvalue weighted by Crippen LogP contribution is 2.19. The Kier molecular flexibility index (Phi) is 6.01. The highest BCUT2D eigenvalue weighted by Gasteiger charge is 2.23. The van der Waals surface area contributed by atoms with Crippen LogP contribution in [-0.2, 0) is 9.59 Å². The fourth-order valence-corrected chi connectivity index (χ4v) is 3.61. The number of nitrogens with one attached hydrogen (secondary N) is 1. The van der Waals surface area contributed by atoms with Crippen LogP contribution in [0.3, 0.4) is 0 Å². The summed E-state index contributed by atoms with van der Waals surface area (Å²) >= 11 is 1.61. The van der Waals surface area contributed by atoms with Gasteiger partial charge in [0.1, 0.15) is 5.70 Å². The Morgan fingerprint density at radius 1 is 1.15 bits per heavy atom. The van der Waals surface area contributed by atoms with Crippen LogP contribution in [-0.4, -0.2) is 47.9 Å². The Bertz CT molecular complexity index is 774. The summed E-state index contributed by atoms with van der Waals surface area (Å²) < 4.78 is 0. The zero-order chi connectivity index (χ0) is 18.4. The first-order valence-electron chi connectivity index (χ1n) is 8.61. The van der Waals surface area contributed by atoms with Gasteiger partial charge in [-0.15, -0.1) is 11.3 Å². The van der Waals surface area contributed by atoms with Crippen molar-refractivity contribution in [1.29, 1.82) is 0 Å². The lowest BCUT2D eigenvalue weighted by atomic mass is 10.2. The number of amides is 2. The van der Waals surface area contributed by atoms with Gasteiger partial charge in [-0.3, -0.25) is 9.59 Å². The molecule has 1 saturated heterocycles. The van der Waals surface area contributed by atoms with Gasteiger partial charge in [-0.1, -0.05) is 30.3 Å². The first-order chi connectivity index (χ1) is 12.6. The molecule has 0 aliphatic carbocycles. The average Bonchev–Trinajstić information content (AvgIpc) is 3.06. The molecule has 6 nitrogen and oxygen atoms in total. The van der Waals surface area contributed by atoms with Crippen molar-refractivity contribution in [1.82, 2.24) is 15.2 Å². The topological polar surface area (TPSA) is 65.5 Å². The molecule has 0 radical (unpaired) electrons. The number of benzene rings is 1. The van der Waals surface area contributed by atoms with E-state index in [1.807, 2.05) is 35.7 Å². The van der Waals surface area contributed by atoms with Crippen LogP contribution in [0.4, 0.5) is 5.13 Å². The number of carbonyl (C=O) groups excluding carboxylic acids is 2. The fraction of sp³-hybridized carbons (Fsp3) is 0.316. The predicted octanol–water partition coefficient (Wildman–Crippen LogP) is 2.36. The maximum absolute atomic E-state index is 13.0. The molecular formula is C19H22N4O2S. The smallest absolute Gasteiger partial charge is 0.270 e. The Labute approximate surface area is 157 Å². The van der Waals surface area contributed by atoms with Crippen molar-refractivity contribution in [2.75, 3.05) is 31.1 Å². The van der Waals surface area contributed by atoms with Crippen molar-refractivity contribution in [2.24, 2.45) is 0 Å². The second-order valence-corrected chi connectivity index (χ2v) is 6.97. The van der Waals surface area contributed by atoms with E-state index in [4.69, 9.17) is 0 Å². The first-order valence-corrected chi connectivity index (χ1v) is 9.49. The molecule has 1 fully saturated rings. The number of nitrogens with zero attached hydrogens (tertiary/aromatic N) is 3. The summed E-state index contributed by atoms with van der Waals surface area (Å²) in [7, 11) is 0. The van der Waals surface area contributed by atoms with E-state index in [1.54, 1.807) is 28.5 Å². The molecule has 1 N–H and O–H groups in total. The molecule has 0 unspecified atom stereocenters. The molecule has 0 atom stereocenters. The molecule has 2 aromatic rings. The van der Waals surface area contributed by atoms with E-state index >= 15 is 0 Å². The quantitative estimate of drug-likeness (QED) is 0.839. The Morgan fingerprint density at radius 2 is 1.96 bits per heavy atom. The summed E-state index contributed by atoms with van der Waals surface area (Å²) in [6.07, 6.45) is 4.39. The number of anilines is 1. The molecule has 1 aliphatic rings. The van der Waals surface area contributed by atoms with E-state index in [0.717, 1.165) is 30.2 Å². The standard InChI is InChI=1S/C19H22N4O2S/c1-15(24)21-17(14-16-6-3-2-4-7-16)18(25)22-9-5-10-23(12-11-22)19-20-8-13-26-19/h2-4,6-8,13-14H,5,9-12H2,1H3,(H,21,24)/b17-14+. The van der Waals surface area contributed by atoms with Crippen LogP contribution in [0.25, 0.3) is 6.08 Å². The minimum Gasteiger partial charge on any atom is -0.346 e. The molecule has 1 aromatic heterocycles. The third kappa shape index (κ3) is 4.70. The van der Waals surface area contributed by atoms with Gasteiger partial charge < -0.3 is 15.1 Å². The lowest BCUT2D eigenvalue weighted by Crippen LogP contribution is -2.40. The largest absolute Gasteiger partial charge is 0.346 e. The van der Waals surface area contributed by atoms with Gasteiger partial charge in [-0.25, -0.2) is 4.98 Å². The molecule has 2 heterocycles. The van der Waals surface area contributed by atoms with Crippen LogP contribution < -0.4 is 10.2 Å². The Hall–Kier alpha value is -2.67. The molecule has 2 amide bonds. The second kappa shape index (κ2) is 8.62. The number of thiazole rings is 1. The molecule has 1 aliphatic heterocycles. The van der Waals surface area contributed by atoms with Crippen LogP contribution in [0.5, 0.6) is 0 Å². The summed E-state index contributed by atoms with van der Waals surface area (Å²) in [4.78, 5) is 32.9. The van der Waals surface area contributed by atoms with Gasteiger partial charge in [-0.2, -0.15) is 0 Å². The van der Waals surface area contributed by atoms with Crippen molar-refractivity contribution >= 4 is 34.4 Å². The van der Waals surface area contributed by atoms with Crippen molar-refractivity contribution in [3.05, 3.63) is 53.2 Å². The average molecular weight is 370 g/mol. The normalized spacial score (nSPS) is 15.5. The van der Waals surface area contributed by atoms with E-state index < -0.39 is 0 Å². The van der Waals surface area contributed by atoms with Gasteiger partial charge in [0.25, 0.3) is 5.91 Å². The number of rotatable bonds is 4. The number of hydrogen-bond acceptors (Lipinski definition) is 5. The van der Waals surface area contributed by atoms with E-state index in [2.05, 4.69) is 15.2 Å².